The lowest BCUT2D eigenvalue weighted by atomic mass is 10.1. The highest BCUT2D eigenvalue weighted by atomic mass is 16.5. The molecular formula is C16H22N2O2. The topological polar surface area (TPSA) is 47.3 Å². The average molecular weight is 274 g/mol. The Kier molecular flexibility index (Phi) is 4.66. The molecular weight excluding hydrogens is 252 g/mol. The van der Waals surface area contributed by atoms with Gasteiger partial charge in [-0.15, -0.1) is 0 Å². The first-order chi connectivity index (χ1) is 9.61. The van der Waals surface area contributed by atoms with Crippen molar-refractivity contribution in [3.05, 3.63) is 40.8 Å². The summed E-state index contributed by atoms with van der Waals surface area (Å²) in [4.78, 5) is 0. The van der Waals surface area contributed by atoms with E-state index in [-0.39, 0.29) is 0 Å². The quantitative estimate of drug-likeness (QED) is 0.865. The van der Waals surface area contributed by atoms with Crippen molar-refractivity contribution >= 4 is 5.69 Å². The molecule has 0 aliphatic rings. The third kappa shape index (κ3) is 3.32. The fraction of sp³-hybridized carbons (Fsp3) is 0.438. The Morgan fingerprint density at radius 3 is 2.70 bits per heavy atom. The van der Waals surface area contributed by atoms with Gasteiger partial charge in [0, 0.05) is 12.1 Å². The van der Waals surface area contributed by atoms with E-state index < -0.39 is 0 Å². The molecule has 0 fully saturated rings. The Morgan fingerprint density at radius 2 is 2.05 bits per heavy atom. The minimum atomic E-state index is 0.687. The Bertz CT molecular complexity index is 556. The van der Waals surface area contributed by atoms with Gasteiger partial charge >= 0.3 is 0 Å². The first-order valence-corrected chi connectivity index (χ1v) is 7.01. The maximum atomic E-state index is 5.80. The molecule has 0 spiro atoms. The van der Waals surface area contributed by atoms with Crippen LogP contribution in [0.5, 0.6) is 5.75 Å². The number of benzene rings is 1. The molecule has 108 valence electrons. The molecule has 0 aliphatic carbocycles. The summed E-state index contributed by atoms with van der Waals surface area (Å²) in [6, 6.07) is 6.19. The van der Waals surface area contributed by atoms with Crippen LogP contribution < -0.4 is 10.1 Å². The molecule has 2 rings (SSSR count). The van der Waals surface area contributed by atoms with Crippen LogP contribution in [0.15, 0.2) is 22.7 Å². The van der Waals surface area contributed by atoms with E-state index in [1.807, 2.05) is 13.8 Å². The second kappa shape index (κ2) is 6.46. The number of hydrogen-bond acceptors (Lipinski definition) is 4. The fourth-order valence-electron chi connectivity index (χ4n) is 2.04. The monoisotopic (exact) mass is 274 g/mol. The minimum Gasteiger partial charge on any atom is -0.491 e. The largest absolute Gasteiger partial charge is 0.491 e. The lowest BCUT2D eigenvalue weighted by molar-refractivity contribution is 0.318. The first-order valence-electron chi connectivity index (χ1n) is 7.01. The number of rotatable bonds is 6. The van der Waals surface area contributed by atoms with Gasteiger partial charge in [0.2, 0.25) is 0 Å². The van der Waals surface area contributed by atoms with E-state index in [0.29, 0.717) is 6.54 Å². The maximum absolute atomic E-state index is 5.80. The number of hydrogen-bond donors (Lipinski definition) is 1. The summed E-state index contributed by atoms with van der Waals surface area (Å²) in [6.07, 6.45) is 0.997. The number of aromatic nitrogens is 1. The molecule has 0 bridgehead atoms. The van der Waals surface area contributed by atoms with Crippen molar-refractivity contribution in [1.82, 2.24) is 5.16 Å². The van der Waals surface area contributed by atoms with Crippen LogP contribution in [0.3, 0.4) is 0 Å². The highest BCUT2D eigenvalue weighted by molar-refractivity contribution is 5.58. The van der Waals surface area contributed by atoms with Crippen molar-refractivity contribution in [3.63, 3.8) is 0 Å². The molecule has 0 radical (unpaired) electrons. The van der Waals surface area contributed by atoms with Crippen molar-refractivity contribution in [2.45, 2.75) is 40.7 Å². The second-order valence-electron chi connectivity index (χ2n) is 5.00. The summed E-state index contributed by atoms with van der Waals surface area (Å²) in [5, 5.41) is 7.38. The van der Waals surface area contributed by atoms with Crippen molar-refractivity contribution < 1.29 is 9.26 Å². The standard InChI is InChI=1S/C16H22N2O2/c1-5-8-19-16-9-11(2)6-7-15(16)17-10-14-12(3)18-20-13(14)4/h6-7,9,17H,5,8,10H2,1-4H3. The number of ether oxygens (including phenoxy) is 1. The van der Waals surface area contributed by atoms with E-state index >= 15 is 0 Å². The van der Waals surface area contributed by atoms with Crippen LogP contribution in [-0.4, -0.2) is 11.8 Å². The minimum absolute atomic E-state index is 0.687. The van der Waals surface area contributed by atoms with Gasteiger partial charge in [0.05, 0.1) is 18.0 Å². The van der Waals surface area contributed by atoms with Gasteiger partial charge in [0.1, 0.15) is 11.5 Å². The molecule has 20 heavy (non-hydrogen) atoms. The van der Waals surface area contributed by atoms with E-state index in [0.717, 1.165) is 41.5 Å². The zero-order valence-electron chi connectivity index (χ0n) is 12.6. The highest BCUT2D eigenvalue weighted by Gasteiger charge is 2.10. The van der Waals surface area contributed by atoms with Crippen LogP contribution >= 0.6 is 0 Å². The number of anilines is 1. The van der Waals surface area contributed by atoms with Crippen LogP contribution in [0.1, 0.15) is 35.9 Å². The molecule has 2 aromatic rings. The predicted octanol–water partition coefficient (Wildman–Crippen LogP) is 4.00. The number of nitrogens with one attached hydrogen (secondary N) is 1. The molecule has 4 nitrogen and oxygen atoms in total. The SMILES string of the molecule is CCCOc1cc(C)ccc1NCc1c(C)noc1C. The number of aryl methyl sites for hydroxylation is 3. The molecule has 0 aliphatic heterocycles. The van der Waals surface area contributed by atoms with Crippen molar-refractivity contribution in [3.8, 4) is 5.75 Å². The van der Waals surface area contributed by atoms with Crippen LogP contribution in [0.4, 0.5) is 5.69 Å². The molecule has 0 amide bonds. The van der Waals surface area contributed by atoms with Crippen molar-refractivity contribution in [2.75, 3.05) is 11.9 Å². The van der Waals surface area contributed by atoms with Crippen molar-refractivity contribution in [1.29, 1.82) is 0 Å². The molecule has 1 aromatic carbocycles. The zero-order chi connectivity index (χ0) is 14.5. The summed E-state index contributed by atoms with van der Waals surface area (Å²) < 4.78 is 11.0. The van der Waals surface area contributed by atoms with Gasteiger partial charge in [-0.25, -0.2) is 0 Å². The molecule has 0 saturated heterocycles. The Morgan fingerprint density at radius 1 is 1.25 bits per heavy atom. The molecule has 1 N–H and O–H groups in total. The van der Waals surface area contributed by atoms with Gasteiger partial charge in [0.25, 0.3) is 0 Å². The summed E-state index contributed by atoms with van der Waals surface area (Å²) >= 11 is 0. The smallest absolute Gasteiger partial charge is 0.142 e. The number of nitrogens with zero attached hydrogens (tertiary/aromatic N) is 1. The zero-order valence-corrected chi connectivity index (χ0v) is 12.6. The van der Waals surface area contributed by atoms with Gasteiger partial charge in [-0.3, -0.25) is 0 Å². The molecule has 0 atom stereocenters. The summed E-state index contributed by atoms with van der Waals surface area (Å²) in [5.74, 6) is 1.76. The molecule has 0 unspecified atom stereocenters. The highest BCUT2D eigenvalue weighted by Crippen LogP contribution is 2.27. The van der Waals surface area contributed by atoms with Gasteiger partial charge in [-0.05, 0) is 44.9 Å². The van der Waals surface area contributed by atoms with Crippen LogP contribution in [0, 0.1) is 20.8 Å². The summed E-state index contributed by atoms with van der Waals surface area (Å²) in [6.45, 7) is 9.47. The van der Waals surface area contributed by atoms with E-state index in [1.165, 1.54) is 5.56 Å². The van der Waals surface area contributed by atoms with E-state index in [4.69, 9.17) is 9.26 Å². The maximum Gasteiger partial charge on any atom is 0.142 e. The van der Waals surface area contributed by atoms with E-state index in [9.17, 15) is 0 Å². The fourth-order valence-corrected chi connectivity index (χ4v) is 2.04. The molecule has 4 heteroatoms. The van der Waals surface area contributed by atoms with Crippen molar-refractivity contribution in [2.24, 2.45) is 0 Å². The Hall–Kier alpha value is -1.97. The average Bonchev–Trinajstić information content (AvgIpc) is 2.75. The molecule has 1 heterocycles. The second-order valence-corrected chi connectivity index (χ2v) is 5.00. The lowest BCUT2D eigenvalue weighted by Gasteiger charge is -2.13. The van der Waals surface area contributed by atoms with Gasteiger partial charge in [0.15, 0.2) is 0 Å². The Labute approximate surface area is 120 Å². The summed E-state index contributed by atoms with van der Waals surface area (Å²) in [7, 11) is 0. The normalized spacial score (nSPS) is 10.6. The van der Waals surface area contributed by atoms with E-state index in [1.54, 1.807) is 0 Å². The Balaban J connectivity index is 2.12. The van der Waals surface area contributed by atoms with Gasteiger partial charge in [-0.1, -0.05) is 18.1 Å². The van der Waals surface area contributed by atoms with Gasteiger partial charge in [-0.2, -0.15) is 0 Å². The third-order valence-corrected chi connectivity index (χ3v) is 3.24. The molecule has 0 saturated carbocycles. The first kappa shape index (κ1) is 14.4. The predicted molar refractivity (Wildman–Crippen MR) is 80.3 cm³/mol. The third-order valence-electron chi connectivity index (χ3n) is 3.24. The summed E-state index contributed by atoms with van der Waals surface area (Å²) in [5.41, 5.74) is 4.23. The van der Waals surface area contributed by atoms with E-state index in [2.05, 4.69) is 42.5 Å². The van der Waals surface area contributed by atoms with Crippen LogP contribution in [0.25, 0.3) is 0 Å². The van der Waals surface area contributed by atoms with Gasteiger partial charge < -0.3 is 14.6 Å². The lowest BCUT2D eigenvalue weighted by Crippen LogP contribution is -2.05. The van der Waals surface area contributed by atoms with Crippen LogP contribution in [-0.2, 0) is 6.54 Å². The molecule has 1 aromatic heterocycles. The van der Waals surface area contributed by atoms with Crippen LogP contribution in [0.2, 0.25) is 0 Å².